The average molecular weight is 434 g/mol. The molecular formula is C24H26N4O4. The highest BCUT2D eigenvalue weighted by Crippen LogP contribution is 2.15. The number of nitrogens with zero attached hydrogens (tertiary/aromatic N) is 3. The van der Waals surface area contributed by atoms with Crippen LogP contribution in [0.5, 0.6) is 0 Å². The van der Waals surface area contributed by atoms with E-state index in [-0.39, 0.29) is 17.5 Å². The number of hydrogen-bond donors (Lipinski definition) is 1. The molecule has 8 heteroatoms. The molecular weight excluding hydrogens is 408 g/mol. The Morgan fingerprint density at radius 3 is 2.44 bits per heavy atom. The van der Waals surface area contributed by atoms with Crippen LogP contribution in [0.15, 0.2) is 63.3 Å². The van der Waals surface area contributed by atoms with E-state index in [2.05, 4.69) is 15.2 Å². The molecule has 4 rings (SSSR count). The van der Waals surface area contributed by atoms with Gasteiger partial charge in [0, 0.05) is 37.8 Å². The van der Waals surface area contributed by atoms with Crippen molar-refractivity contribution in [3.8, 4) is 0 Å². The smallest absolute Gasteiger partial charge is 0.270 e. The van der Waals surface area contributed by atoms with Crippen LogP contribution >= 0.6 is 0 Å². The Labute approximate surface area is 186 Å². The van der Waals surface area contributed by atoms with Crippen LogP contribution in [0.25, 0.3) is 6.08 Å². The largest absolute Gasteiger partial charge is 0.465 e. The number of amides is 2. The van der Waals surface area contributed by atoms with Crippen LogP contribution < -0.4 is 5.32 Å². The van der Waals surface area contributed by atoms with Gasteiger partial charge in [-0.1, -0.05) is 18.2 Å². The van der Waals surface area contributed by atoms with Gasteiger partial charge in [-0.15, -0.1) is 0 Å². The van der Waals surface area contributed by atoms with Crippen molar-refractivity contribution < 1.29 is 18.4 Å². The van der Waals surface area contributed by atoms with Gasteiger partial charge in [0.1, 0.15) is 17.2 Å². The van der Waals surface area contributed by atoms with E-state index < -0.39 is 0 Å². The first-order chi connectivity index (χ1) is 15.5. The zero-order chi connectivity index (χ0) is 22.5. The molecule has 166 valence electrons. The Morgan fingerprint density at radius 1 is 1.06 bits per heavy atom. The third kappa shape index (κ3) is 5.15. The van der Waals surface area contributed by atoms with Crippen molar-refractivity contribution in [1.29, 1.82) is 0 Å². The zero-order valence-corrected chi connectivity index (χ0v) is 18.2. The minimum absolute atomic E-state index is 0.182. The van der Waals surface area contributed by atoms with Gasteiger partial charge in [-0.05, 0) is 38.1 Å². The van der Waals surface area contributed by atoms with Crippen LogP contribution in [0.3, 0.4) is 0 Å². The minimum Gasteiger partial charge on any atom is -0.465 e. The maximum absolute atomic E-state index is 13.3. The van der Waals surface area contributed by atoms with E-state index in [1.54, 1.807) is 47.4 Å². The van der Waals surface area contributed by atoms with E-state index in [1.165, 1.54) is 6.26 Å². The minimum atomic E-state index is -0.343. The lowest BCUT2D eigenvalue weighted by Gasteiger charge is -2.34. The van der Waals surface area contributed by atoms with Crippen molar-refractivity contribution in [1.82, 2.24) is 20.1 Å². The van der Waals surface area contributed by atoms with E-state index in [4.69, 9.17) is 8.83 Å². The quantitative estimate of drug-likeness (QED) is 0.600. The highest BCUT2D eigenvalue weighted by atomic mass is 16.4. The monoisotopic (exact) mass is 434 g/mol. The van der Waals surface area contributed by atoms with Gasteiger partial charge >= 0.3 is 0 Å². The molecule has 0 atom stereocenters. The molecule has 3 heterocycles. The van der Waals surface area contributed by atoms with Crippen LogP contribution in [0, 0.1) is 13.8 Å². The Hall–Kier alpha value is -3.65. The Kier molecular flexibility index (Phi) is 6.51. The molecule has 0 bridgehead atoms. The fraction of sp³-hybridized carbons (Fsp3) is 0.292. The van der Waals surface area contributed by atoms with Crippen molar-refractivity contribution in [2.75, 3.05) is 26.2 Å². The third-order valence-corrected chi connectivity index (χ3v) is 5.44. The van der Waals surface area contributed by atoms with Gasteiger partial charge in [-0.2, -0.15) is 0 Å². The molecule has 0 spiro atoms. The zero-order valence-electron chi connectivity index (χ0n) is 18.2. The number of oxazole rings is 1. The number of benzene rings is 1. The lowest BCUT2D eigenvalue weighted by Crippen LogP contribution is -2.50. The average Bonchev–Trinajstić information content (AvgIpc) is 3.43. The van der Waals surface area contributed by atoms with E-state index in [1.807, 2.05) is 19.9 Å². The van der Waals surface area contributed by atoms with Crippen molar-refractivity contribution in [2.45, 2.75) is 20.4 Å². The number of rotatable bonds is 6. The summed E-state index contributed by atoms with van der Waals surface area (Å²) in [6, 6.07) is 12.3. The Morgan fingerprint density at radius 2 is 1.81 bits per heavy atom. The van der Waals surface area contributed by atoms with Gasteiger partial charge in [-0.25, -0.2) is 4.98 Å². The number of hydrogen-bond acceptors (Lipinski definition) is 6. The fourth-order valence-corrected chi connectivity index (χ4v) is 3.53. The second kappa shape index (κ2) is 9.65. The molecule has 2 amide bonds. The normalized spacial score (nSPS) is 15.1. The van der Waals surface area contributed by atoms with Gasteiger partial charge in [0.2, 0.25) is 5.89 Å². The number of carbonyl (C=O) groups is 2. The summed E-state index contributed by atoms with van der Waals surface area (Å²) in [7, 11) is 0. The predicted octanol–water partition coefficient (Wildman–Crippen LogP) is 3.00. The number of nitrogens with one attached hydrogen (secondary N) is 1. The molecule has 1 aliphatic rings. The molecule has 0 saturated carbocycles. The second-order valence-corrected chi connectivity index (χ2v) is 7.71. The Balaban J connectivity index is 1.42. The number of carbonyl (C=O) groups excluding carboxylic acids is 2. The second-order valence-electron chi connectivity index (χ2n) is 7.71. The summed E-state index contributed by atoms with van der Waals surface area (Å²) in [5.41, 5.74) is 1.56. The number of aromatic nitrogens is 1. The van der Waals surface area contributed by atoms with Crippen LogP contribution in [-0.2, 0) is 11.3 Å². The Bertz CT molecular complexity index is 1070. The molecule has 3 aromatic rings. The van der Waals surface area contributed by atoms with E-state index in [0.717, 1.165) is 11.5 Å². The van der Waals surface area contributed by atoms with Gasteiger partial charge < -0.3 is 19.1 Å². The fourth-order valence-electron chi connectivity index (χ4n) is 3.53. The summed E-state index contributed by atoms with van der Waals surface area (Å²) < 4.78 is 11.0. The maximum Gasteiger partial charge on any atom is 0.270 e. The van der Waals surface area contributed by atoms with E-state index >= 15 is 0 Å². The number of aryl methyl sites for hydroxylation is 2. The van der Waals surface area contributed by atoms with Gasteiger partial charge in [0.15, 0.2) is 0 Å². The topological polar surface area (TPSA) is 91.8 Å². The molecule has 0 aliphatic carbocycles. The summed E-state index contributed by atoms with van der Waals surface area (Å²) in [6.45, 7) is 6.88. The molecule has 1 N–H and O–H groups in total. The molecule has 0 radical (unpaired) electrons. The molecule has 0 unspecified atom stereocenters. The lowest BCUT2D eigenvalue weighted by atomic mass is 10.2. The van der Waals surface area contributed by atoms with Gasteiger partial charge in [0.05, 0.1) is 18.5 Å². The van der Waals surface area contributed by atoms with Crippen molar-refractivity contribution in [3.63, 3.8) is 0 Å². The molecule has 1 aliphatic heterocycles. The lowest BCUT2D eigenvalue weighted by molar-refractivity contribution is -0.129. The highest BCUT2D eigenvalue weighted by Gasteiger charge is 2.26. The van der Waals surface area contributed by atoms with Crippen LogP contribution in [0.2, 0.25) is 0 Å². The molecule has 1 aromatic carbocycles. The van der Waals surface area contributed by atoms with Crippen LogP contribution in [0.1, 0.15) is 33.5 Å². The molecule has 1 fully saturated rings. The first-order valence-electron chi connectivity index (χ1n) is 10.6. The molecule has 1 saturated heterocycles. The summed E-state index contributed by atoms with van der Waals surface area (Å²) in [5.74, 6) is 1.43. The predicted molar refractivity (Wildman–Crippen MR) is 118 cm³/mol. The molecule has 32 heavy (non-hydrogen) atoms. The summed E-state index contributed by atoms with van der Waals surface area (Å²) in [4.78, 5) is 34.3. The van der Waals surface area contributed by atoms with Gasteiger partial charge in [-0.3, -0.25) is 14.5 Å². The molecule has 2 aromatic heterocycles. The van der Waals surface area contributed by atoms with Crippen molar-refractivity contribution in [3.05, 3.63) is 83.1 Å². The SMILES string of the molecule is Cc1nc(CN2CCN(C(=O)/C(=C/c3ccco3)NC(=O)c3ccccc3)CC2)oc1C. The van der Waals surface area contributed by atoms with E-state index in [0.29, 0.717) is 49.9 Å². The van der Waals surface area contributed by atoms with Crippen LogP contribution in [-0.4, -0.2) is 52.8 Å². The molecule has 8 nitrogen and oxygen atoms in total. The van der Waals surface area contributed by atoms with Crippen molar-refractivity contribution >= 4 is 17.9 Å². The van der Waals surface area contributed by atoms with Gasteiger partial charge in [0.25, 0.3) is 11.8 Å². The summed E-state index contributed by atoms with van der Waals surface area (Å²) >= 11 is 0. The summed E-state index contributed by atoms with van der Waals surface area (Å²) in [6.07, 6.45) is 3.09. The summed E-state index contributed by atoms with van der Waals surface area (Å²) in [5, 5.41) is 2.76. The third-order valence-electron chi connectivity index (χ3n) is 5.44. The standard InChI is InChI=1S/C24H26N4O4/c1-17-18(2)32-22(25-17)16-27-10-12-28(13-11-27)24(30)21(15-20-9-6-14-31-20)26-23(29)19-7-4-3-5-8-19/h3-9,14-15H,10-13,16H2,1-2H3,(H,26,29)/b21-15-. The highest BCUT2D eigenvalue weighted by molar-refractivity contribution is 6.05. The maximum atomic E-state index is 13.3. The number of furan rings is 1. The van der Waals surface area contributed by atoms with Crippen molar-refractivity contribution in [2.24, 2.45) is 0 Å². The first-order valence-corrected chi connectivity index (χ1v) is 10.6. The number of piperazine rings is 1. The first kappa shape index (κ1) is 21.6. The van der Waals surface area contributed by atoms with E-state index in [9.17, 15) is 9.59 Å². The van der Waals surface area contributed by atoms with Crippen LogP contribution in [0.4, 0.5) is 0 Å².